The molecule has 0 radical (unpaired) electrons. The van der Waals surface area contributed by atoms with Crippen LogP contribution in [-0.4, -0.2) is 38.9 Å². The highest BCUT2D eigenvalue weighted by Gasteiger charge is 2.25. The average molecular weight is 498 g/mol. The van der Waals surface area contributed by atoms with E-state index >= 15 is 4.39 Å². The molecular formula is C25H21F2N3O4S. The summed E-state index contributed by atoms with van der Waals surface area (Å²) in [5.41, 5.74) is 1.01. The summed E-state index contributed by atoms with van der Waals surface area (Å²) >= 11 is 0. The standard InChI is InChI=1S/C25H21F2N3O4S/c1-2-9-35(32)30-19-5-4-18(26)22(23(19)27)24(31)17-13-29-25-16(17)10-15(12-28-25)14-3-6-20-21(11-14)34-8-7-33-20/h3-6,10-13,30H,2,7-9H2,1H3,(H,28,29). The molecular weight excluding hydrogens is 476 g/mol. The Morgan fingerprint density at radius 2 is 1.91 bits per heavy atom. The van der Waals surface area contributed by atoms with E-state index in [1.54, 1.807) is 18.3 Å². The zero-order chi connectivity index (χ0) is 24.5. The number of halogens is 2. The molecule has 0 spiro atoms. The van der Waals surface area contributed by atoms with Gasteiger partial charge >= 0.3 is 0 Å². The molecule has 0 fully saturated rings. The van der Waals surface area contributed by atoms with Gasteiger partial charge in [-0.1, -0.05) is 13.0 Å². The fraction of sp³-hybridized carbons (Fsp3) is 0.200. The van der Waals surface area contributed by atoms with Gasteiger partial charge in [-0.2, -0.15) is 0 Å². The molecule has 0 saturated heterocycles. The highest BCUT2D eigenvalue weighted by molar-refractivity contribution is 7.86. The molecule has 35 heavy (non-hydrogen) atoms. The Bertz CT molecular complexity index is 1470. The molecule has 1 aliphatic heterocycles. The van der Waals surface area contributed by atoms with Crippen LogP contribution < -0.4 is 14.2 Å². The minimum atomic E-state index is -1.55. The van der Waals surface area contributed by atoms with E-state index in [4.69, 9.17) is 9.47 Å². The van der Waals surface area contributed by atoms with E-state index in [2.05, 4.69) is 14.7 Å². The first-order chi connectivity index (χ1) is 17.0. The number of pyridine rings is 1. The van der Waals surface area contributed by atoms with E-state index in [-0.39, 0.29) is 17.0 Å². The Labute approximate surface area is 202 Å². The molecule has 0 saturated carbocycles. The Kier molecular flexibility index (Phi) is 6.21. The van der Waals surface area contributed by atoms with Crippen LogP contribution in [0.15, 0.2) is 48.8 Å². The molecule has 5 rings (SSSR count). The van der Waals surface area contributed by atoms with Crippen LogP contribution in [0.3, 0.4) is 0 Å². The summed E-state index contributed by atoms with van der Waals surface area (Å²) in [7, 11) is -1.55. The van der Waals surface area contributed by atoms with Crippen molar-refractivity contribution in [1.82, 2.24) is 9.97 Å². The number of benzene rings is 2. The summed E-state index contributed by atoms with van der Waals surface area (Å²) in [6.45, 7) is 2.76. The maximum absolute atomic E-state index is 15.2. The summed E-state index contributed by atoms with van der Waals surface area (Å²) < 4.78 is 55.5. The molecule has 2 aromatic heterocycles. The Morgan fingerprint density at radius 1 is 1.11 bits per heavy atom. The summed E-state index contributed by atoms with van der Waals surface area (Å²) in [5, 5.41) is 0.411. The molecule has 1 unspecified atom stereocenters. The number of ether oxygens (including phenoxy) is 2. The van der Waals surface area contributed by atoms with Crippen molar-refractivity contribution in [3.8, 4) is 22.6 Å². The normalized spacial score (nSPS) is 13.6. The summed E-state index contributed by atoms with van der Waals surface area (Å²) in [4.78, 5) is 20.6. The summed E-state index contributed by atoms with van der Waals surface area (Å²) in [6.07, 6.45) is 3.62. The predicted octanol–water partition coefficient (Wildman–Crippen LogP) is 5.00. The Balaban J connectivity index is 1.53. The van der Waals surface area contributed by atoms with Gasteiger partial charge in [-0.3, -0.25) is 4.79 Å². The molecule has 7 nitrogen and oxygen atoms in total. The number of nitrogens with zero attached hydrogens (tertiary/aromatic N) is 1. The van der Waals surface area contributed by atoms with Gasteiger partial charge in [0.1, 0.15) is 35.7 Å². The zero-order valence-corrected chi connectivity index (χ0v) is 19.5. The fourth-order valence-corrected chi connectivity index (χ4v) is 4.78. The number of carbonyl (C=O) groups excluding carboxylic acids is 1. The van der Waals surface area contributed by atoms with Crippen molar-refractivity contribution in [2.45, 2.75) is 13.3 Å². The minimum absolute atomic E-state index is 0.0662. The van der Waals surface area contributed by atoms with Crippen molar-refractivity contribution in [1.29, 1.82) is 0 Å². The number of rotatable bonds is 7. The van der Waals surface area contributed by atoms with E-state index in [1.807, 2.05) is 19.1 Å². The third-order valence-electron chi connectivity index (χ3n) is 5.58. The van der Waals surface area contributed by atoms with Gasteiger partial charge < -0.3 is 19.2 Å². The molecule has 1 atom stereocenters. The molecule has 180 valence electrons. The average Bonchev–Trinajstić information content (AvgIpc) is 3.29. The van der Waals surface area contributed by atoms with Gasteiger partial charge in [0.25, 0.3) is 0 Å². The number of aromatic amines is 1. The van der Waals surface area contributed by atoms with Gasteiger partial charge in [0.05, 0.1) is 11.3 Å². The second kappa shape index (κ2) is 9.46. The van der Waals surface area contributed by atoms with Crippen molar-refractivity contribution >= 4 is 33.5 Å². The van der Waals surface area contributed by atoms with Crippen molar-refractivity contribution in [2.24, 2.45) is 0 Å². The van der Waals surface area contributed by atoms with Gasteiger partial charge in [0, 0.05) is 34.7 Å². The lowest BCUT2D eigenvalue weighted by Crippen LogP contribution is -2.15. The second-order valence-corrected chi connectivity index (χ2v) is 9.25. The largest absolute Gasteiger partial charge is 0.486 e. The topological polar surface area (TPSA) is 93.3 Å². The molecule has 0 aliphatic carbocycles. The van der Waals surface area contributed by atoms with Gasteiger partial charge in [-0.05, 0) is 42.3 Å². The summed E-state index contributed by atoms with van der Waals surface area (Å²) in [5.74, 6) is -1.41. The van der Waals surface area contributed by atoms with E-state index < -0.39 is 34.0 Å². The van der Waals surface area contributed by atoms with Gasteiger partial charge in [0.15, 0.2) is 17.3 Å². The quantitative estimate of drug-likeness (QED) is 0.351. The van der Waals surface area contributed by atoms with Crippen LogP contribution in [0.1, 0.15) is 29.3 Å². The highest BCUT2D eigenvalue weighted by atomic mass is 32.2. The van der Waals surface area contributed by atoms with Gasteiger partial charge in [-0.15, -0.1) is 0 Å². The van der Waals surface area contributed by atoms with Crippen LogP contribution in [0, 0.1) is 11.6 Å². The number of fused-ring (bicyclic) bond motifs is 2. The van der Waals surface area contributed by atoms with Gasteiger partial charge in [-0.25, -0.2) is 18.0 Å². The first-order valence-corrected chi connectivity index (χ1v) is 12.3. The van der Waals surface area contributed by atoms with Crippen molar-refractivity contribution < 1.29 is 27.3 Å². The molecule has 1 aliphatic rings. The van der Waals surface area contributed by atoms with Gasteiger partial charge in [0.2, 0.25) is 5.78 Å². The number of nitrogens with one attached hydrogen (secondary N) is 2. The van der Waals surface area contributed by atoms with Crippen LogP contribution >= 0.6 is 0 Å². The number of aromatic nitrogens is 2. The second-order valence-electron chi connectivity index (χ2n) is 7.95. The van der Waals surface area contributed by atoms with Crippen LogP contribution in [0.4, 0.5) is 14.5 Å². The molecule has 2 aromatic carbocycles. The lowest BCUT2D eigenvalue weighted by molar-refractivity contribution is 0.103. The zero-order valence-electron chi connectivity index (χ0n) is 18.7. The number of hydrogen-bond donors (Lipinski definition) is 2. The molecule has 4 aromatic rings. The fourth-order valence-electron chi connectivity index (χ4n) is 3.91. The van der Waals surface area contributed by atoms with Crippen LogP contribution in [0.2, 0.25) is 0 Å². The number of carbonyl (C=O) groups is 1. The highest BCUT2D eigenvalue weighted by Crippen LogP contribution is 2.35. The number of anilines is 1. The lowest BCUT2D eigenvalue weighted by Gasteiger charge is -2.18. The Morgan fingerprint density at radius 3 is 2.71 bits per heavy atom. The minimum Gasteiger partial charge on any atom is -0.486 e. The first kappa shape index (κ1) is 23.0. The van der Waals surface area contributed by atoms with E-state index in [0.29, 0.717) is 47.7 Å². The monoisotopic (exact) mass is 497 g/mol. The maximum atomic E-state index is 15.2. The van der Waals surface area contributed by atoms with Crippen LogP contribution in [-0.2, 0) is 11.0 Å². The van der Waals surface area contributed by atoms with Crippen molar-refractivity contribution in [3.63, 3.8) is 0 Å². The van der Waals surface area contributed by atoms with E-state index in [0.717, 1.165) is 17.7 Å². The molecule has 10 heteroatoms. The predicted molar refractivity (Wildman–Crippen MR) is 129 cm³/mol. The number of hydrogen-bond acceptors (Lipinski definition) is 5. The SMILES string of the molecule is CCCS(=O)Nc1ccc(F)c(C(=O)c2c[nH]c3ncc(-c4ccc5c(c4)OCCO5)cc23)c1F. The summed E-state index contributed by atoms with van der Waals surface area (Å²) in [6, 6.07) is 9.29. The molecule has 3 heterocycles. The maximum Gasteiger partial charge on any atom is 0.201 e. The van der Waals surface area contributed by atoms with Crippen molar-refractivity contribution in [2.75, 3.05) is 23.7 Å². The van der Waals surface area contributed by atoms with Crippen LogP contribution in [0.25, 0.3) is 22.2 Å². The van der Waals surface area contributed by atoms with Crippen LogP contribution in [0.5, 0.6) is 11.5 Å². The van der Waals surface area contributed by atoms with E-state index in [1.165, 1.54) is 6.20 Å². The third-order valence-corrected chi connectivity index (χ3v) is 6.81. The molecule has 0 amide bonds. The first-order valence-electron chi connectivity index (χ1n) is 11.0. The molecule has 2 N–H and O–H groups in total. The van der Waals surface area contributed by atoms with Crippen molar-refractivity contribution in [3.05, 3.63) is 71.6 Å². The smallest absolute Gasteiger partial charge is 0.201 e. The number of H-pyrrole nitrogens is 1. The van der Waals surface area contributed by atoms with E-state index in [9.17, 15) is 13.4 Å². The Hall–Kier alpha value is -3.79. The third kappa shape index (κ3) is 4.37. The molecule has 0 bridgehead atoms. The lowest BCUT2D eigenvalue weighted by atomic mass is 9.99. The number of ketones is 1.